The molecule has 0 spiro atoms. The molecular formula is C9H12ClN3O2S. The van der Waals surface area contributed by atoms with Gasteiger partial charge in [-0.25, -0.2) is 0 Å². The zero-order valence-corrected chi connectivity index (χ0v) is 10.3. The number of aromatic nitrogens is 2. The molecule has 88 valence electrons. The number of carbonyl (C=O) groups excluding carboxylic acids is 1. The van der Waals surface area contributed by atoms with Crippen LogP contribution in [-0.4, -0.2) is 38.9 Å². The third kappa shape index (κ3) is 4.67. The maximum absolute atomic E-state index is 11.5. The molecule has 0 bridgehead atoms. The lowest BCUT2D eigenvalue weighted by atomic mass is 10.3. The highest BCUT2D eigenvalue weighted by Gasteiger charge is 2.06. The minimum Gasteiger partial charge on any atom is -0.351 e. The molecule has 0 aliphatic heterocycles. The lowest BCUT2D eigenvalue weighted by Crippen LogP contribution is -2.26. The van der Waals surface area contributed by atoms with Crippen LogP contribution in [0.3, 0.4) is 0 Å². The second-order valence-corrected chi connectivity index (χ2v) is 5.07. The van der Waals surface area contributed by atoms with E-state index in [2.05, 4.69) is 15.5 Å². The monoisotopic (exact) mass is 261 g/mol. The molecule has 1 unspecified atom stereocenters. The number of nitrogens with zero attached hydrogens (tertiary/aromatic N) is 2. The van der Waals surface area contributed by atoms with Crippen molar-refractivity contribution in [1.29, 1.82) is 0 Å². The average Bonchev–Trinajstić information content (AvgIpc) is 2.25. The largest absolute Gasteiger partial charge is 0.351 e. The molecule has 0 radical (unpaired) electrons. The van der Waals surface area contributed by atoms with Gasteiger partial charge in [0.25, 0.3) is 5.91 Å². The van der Waals surface area contributed by atoms with Crippen LogP contribution in [0, 0.1) is 0 Å². The number of nitrogens with one attached hydrogen (secondary N) is 1. The Bertz CT molecular complexity index is 383. The Balaban J connectivity index is 2.35. The Hall–Kier alpha value is -1.01. The lowest BCUT2D eigenvalue weighted by Gasteiger charge is -2.02. The normalized spacial score (nSPS) is 12.1. The molecule has 0 aromatic carbocycles. The van der Waals surface area contributed by atoms with Gasteiger partial charge in [-0.2, -0.15) is 0 Å². The van der Waals surface area contributed by atoms with Crippen LogP contribution in [0.5, 0.6) is 0 Å². The molecule has 5 nitrogen and oxygen atoms in total. The van der Waals surface area contributed by atoms with Crippen molar-refractivity contribution in [3.63, 3.8) is 0 Å². The third-order valence-corrected chi connectivity index (χ3v) is 2.82. The summed E-state index contributed by atoms with van der Waals surface area (Å²) in [7, 11) is -0.825. The number of amides is 1. The highest BCUT2D eigenvalue weighted by atomic mass is 35.5. The van der Waals surface area contributed by atoms with Gasteiger partial charge in [0.2, 0.25) is 0 Å². The zero-order chi connectivity index (χ0) is 12.0. The molecular weight excluding hydrogens is 250 g/mol. The molecule has 1 aromatic rings. The van der Waals surface area contributed by atoms with Crippen LogP contribution in [0.25, 0.3) is 0 Å². The third-order valence-electron chi connectivity index (χ3n) is 1.76. The van der Waals surface area contributed by atoms with E-state index in [0.29, 0.717) is 18.7 Å². The van der Waals surface area contributed by atoms with Crippen LogP contribution in [0.2, 0.25) is 5.15 Å². The molecule has 16 heavy (non-hydrogen) atoms. The van der Waals surface area contributed by atoms with Crippen molar-refractivity contribution in [3.05, 3.63) is 23.0 Å². The van der Waals surface area contributed by atoms with Crippen LogP contribution in [0.15, 0.2) is 12.1 Å². The van der Waals surface area contributed by atoms with E-state index in [4.69, 9.17) is 11.6 Å². The lowest BCUT2D eigenvalue weighted by molar-refractivity contribution is 0.0947. The van der Waals surface area contributed by atoms with Crippen LogP contribution in [-0.2, 0) is 10.8 Å². The topological polar surface area (TPSA) is 72.0 Å². The molecule has 1 aromatic heterocycles. The van der Waals surface area contributed by atoms with Crippen molar-refractivity contribution in [3.8, 4) is 0 Å². The molecule has 0 fully saturated rings. The fourth-order valence-electron chi connectivity index (χ4n) is 1.01. The Labute approximate surface area is 101 Å². The van der Waals surface area contributed by atoms with Gasteiger partial charge in [0.1, 0.15) is 0 Å². The molecule has 1 rings (SSSR count). The Morgan fingerprint density at radius 2 is 2.25 bits per heavy atom. The molecule has 0 aliphatic carbocycles. The smallest absolute Gasteiger partial charge is 0.271 e. The fraction of sp³-hybridized carbons (Fsp3) is 0.444. The van der Waals surface area contributed by atoms with E-state index >= 15 is 0 Å². The van der Waals surface area contributed by atoms with E-state index in [1.807, 2.05) is 0 Å². The van der Waals surface area contributed by atoms with Gasteiger partial charge in [0.05, 0.1) is 0 Å². The highest BCUT2D eigenvalue weighted by Crippen LogP contribution is 2.01. The molecule has 1 amide bonds. The van der Waals surface area contributed by atoms with E-state index in [1.54, 1.807) is 6.26 Å². The van der Waals surface area contributed by atoms with Gasteiger partial charge in [-0.3, -0.25) is 9.00 Å². The highest BCUT2D eigenvalue weighted by molar-refractivity contribution is 7.84. The summed E-state index contributed by atoms with van der Waals surface area (Å²) >= 11 is 5.54. The maximum Gasteiger partial charge on any atom is 0.271 e. The molecule has 0 saturated heterocycles. The van der Waals surface area contributed by atoms with Crippen LogP contribution in [0.4, 0.5) is 0 Å². The van der Waals surface area contributed by atoms with Crippen molar-refractivity contribution in [2.75, 3.05) is 18.6 Å². The Kier molecular flexibility index (Phi) is 5.34. The maximum atomic E-state index is 11.5. The van der Waals surface area contributed by atoms with Gasteiger partial charge < -0.3 is 5.32 Å². The summed E-state index contributed by atoms with van der Waals surface area (Å²) in [4.78, 5) is 11.5. The number of rotatable bonds is 5. The first-order valence-electron chi connectivity index (χ1n) is 4.67. The summed E-state index contributed by atoms with van der Waals surface area (Å²) in [6.45, 7) is 0.475. The second kappa shape index (κ2) is 6.55. The number of hydrogen-bond acceptors (Lipinski definition) is 4. The Morgan fingerprint density at radius 3 is 2.81 bits per heavy atom. The van der Waals surface area contributed by atoms with Gasteiger partial charge in [-0.15, -0.1) is 10.2 Å². The second-order valence-electron chi connectivity index (χ2n) is 3.13. The van der Waals surface area contributed by atoms with E-state index in [-0.39, 0.29) is 16.8 Å². The van der Waals surface area contributed by atoms with Crippen molar-refractivity contribution < 1.29 is 9.00 Å². The summed E-state index contributed by atoms with van der Waals surface area (Å²) in [6.07, 6.45) is 2.31. The van der Waals surface area contributed by atoms with Gasteiger partial charge >= 0.3 is 0 Å². The summed E-state index contributed by atoms with van der Waals surface area (Å²) in [5, 5.41) is 10.1. The van der Waals surface area contributed by atoms with E-state index in [1.165, 1.54) is 12.1 Å². The molecule has 1 heterocycles. The first-order chi connectivity index (χ1) is 7.59. The molecule has 1 atom stereocenters. The molecule has 7 heteroatoms. The Morgan fingerprint density at radius 1 is 1.50 bits per heavy atom. The van der Waals surface area contributed by atoms with Crippen LogP contribution in [0.1, 0.15) is 16.9 Å². The summed E-state index contributed by atoms with van der Waals surface area (Å²) in [6, 6.07) is 3.01. The van der Waals surface area contributed by atoms with Gasteiger partial charge in [-0.1, -0.05) is 11.6 Å². The zero-order valence-electron chi connectivity index (χ0n) is 8.77. The SMILES string of the molecule is CS(=O)CCCNC(=O)c1ccc(Cl)nn1. The van der Waals surface area contributed by atoms with Gasteiger partial charge in [0, 0.05) is 29.4 Å². The van der Waals surface area contributed by atoms with Crippen LogP contribution >= 0.6 is 11.6 Å². The molecule has 0 aliphatic rings. The number of carbonyl (C=O) groups is 1. The predicted octanol–water partition coefficient (Wildman–Crippen LogP) is 0.628. The first kappa shape index (κ1) is 13.1. The first-order valence-corrected chi connectivity index (χ1v) is 6.77. The summed E-state index contributed by atoms with van der Waals surface area (Å²) < 4.78 is 10.8. The molecule has 1 N–H and O–H groups in total. The van der Waals surface area contributed by atoms with Crippen molar-refractivity contribution in [2.45, 2.75) is 6.42 Å². The number of hydrogen-bond donors (Lipinski definition) is 1. The standard InChI is InChI=1S/C9H12ClN3O2S/c1-16(15)6-2-5-11-9(14)7-3-4-8(10)13-12-7/h3-4H,2,5-6H2,1H3,(H,11,14). The van der Waals surface area contributed by atoms with Crippen LogP contribution < -0.4 is 5.32 Å². The average molecular weight is 262 g/mol. The van der Waals surface area contributed by atoms with E-state index in [9.17, 15) is 9.00 Å². The van der Waals surface area contributed by atoms with Crippen molar-refractivity contribution in [1.82, 2.24) is 15.5 Å². The van der Waals surface area contributed by atoms with Gasteiger partial charge in [-0.05, 0) is 18.6 Å². The van der Waals surface area contributed by atoms with E-state index in [0.717, 1.165) is 0 Å². The van der Waals surface area contributed by atoms with E-state index < -0.39 is 10.8 Å². The van der Waals surface area contributed by atoms with Crippen molar-refractivity contribution in [2.24, 2.45) is 0 Å². The quantitative estimate of drug-likeness (QED) is 0.789. The minimum absolute atomic E-state index is 0.224. The summed E-state index contributed by atoms with van der Waals surface area (Å²) in [5.74, 6) is 0.276. The molecule has 0 saturated carbocycles. The predicted molar refractivity (Wildman–Crippen MR) is 62.9 cm³/mol. The fourth-order valence-corrected chi connectivity index (χ4v) is 1.66. The van der Waals surface area contributed by atoms with Crippen molar-refractivity contribution >= 4 is 28.3 Å². The minimum atomic E-state index is -0.825. The number of halogens is 1. The summed E-state index contributed by atoms with van der Waals surface area (Å²) in [5.41, 5.74) is 0.224. The van der Waals surface area contributed by atoms with Gasteiger partial charge in [0.15, 0.2) is 10.8 Å².